The van der Waals surface area contributed by atoms with E-state index in [1.54, 1.807) is 23.1 Å². The summed E-state index contributed by atoms with van der Waals surface area (Å²) in [5, 5.41) is 0. The van der Waals surface area contributed by atoms with Crippen molar-refractivity contribution in [2.45, 2.75) is 13.8 Å². The molecule has 2 nitrogen and oxygen atoms in total. The zero-order valence-corrected chi connectivity index (χ0v) is 12.9. The van der Waals surface area contributed by atoms with Crippen LogP contribution in [-0.4, -0.2) is 12.5 Å². The van der Waals surface area contributed by atoms with Gasteiger partial charge in [-0.15, -0.1) is 0 Å². The first kappa shape index (κ1) is 14.7. The molecule has 104 valence electrons. The first-order chi connectivity index (χ1) is 9.54. The second-order valence-corrected chi connectivity index (χ2v) is 5.26. The van der Waals surface area contributed by atoms with Gasteiger partial charge in [-0.3, -0.25) is 4.79 Å². The van der Waals surface area contributed by atoms with Gasteiger partial charge >= 0.3 is 0 Å². The highest BCUT2D eigenvalue weighted by Gasteiger charge is 2.19. The highest BCUT2D eigenvalue weighted by atomic mass is 79.9. The molecule has 0 aliphatic carbocycles. The fourth-order valence-corrected chi connectivity index (χ4v) is 2.46. The van der Waals surface area contributed by atoms with Gasteiger partial charge < -0.3 is 4.90 Å². The maximum atomic E-state index is 13.0. The molecular formula is C16H15BrFNO. The summed E-state index contributed by atoms with van der Waals surface area (Å²) in [4.78, 5) is 14.3. The van der Waals surface area contributed by atoms with E-state index in [0.29, 0.717) is 17.8 Å². The fraction of sp³-hybridized carbons (Fsp3) is 0.188. The Morgan fingerprint density at radius 3 is 2.45 bits per heavy atom. The Bertz CT molecular complexity index is 625. The summed E-state index contributed by atoms with van der Waals surface area (Å²) < 4.78 is 13.8. The van der Waals surface area contributed by atoms with Crippen LogP contribution in [0.4, 0.5) is 10.1 Å². The van der Waals surface area contributed by atoms with Crippen molar-refractivity contribution in [1.82, 2.24) is 0 Å². The van der Waals surface area contributed by atoms with Gasteiger partial charge in [0.15, 0.2) is 0 Å². The minimum atomic E-state index is -0.311. The topological polar surface area (TPSA) is 20.3 Å². The number of anilines is 1. The van der Waals surface area contributed by atoms with E-state index in [4.69, 9.17) is 0 Å². The number of carbonyl (C=O) groups is 1. The lowest BCUT2D eigenvalue weighted by Crippen LogP contribution is -2.31. The SMILES string of the molecule is CCN(C(=O)c1cccc(C)c1Br)c1ccc(F)cc1. The highest BCUT2D eigenvalue weighted by Crippen LogP contribution is 2.25. The molecule has 0 atom stereocenters. The highest BCUT2D eigenvalue weighted by molar-refractivity contribution is 9.10. The lowest BCUT2D eigenvalue weighted by Gasteiger charge is -2.22. The van der Waals surface area contributed by atoms with Crippen LogP contribution in [0.3, 0.4) is 0 Å². The van der Waals surface area contributed by atoms with E-state index in [9.17, 15) is 9.18 Å². The van der Waals surface area contributed by atoms with E-state index in [1.807, 2.05) is 26.0 Å². The molecule has 0 aromatic heterocycles. The predicted octanol–water partition coefficient (Wildman–Crippen LogP) is 4.56. The van der Waals surface area contributed by atoms with Crippen LogP contribution in [0.15, 0.2) is 46.9 Å². The van der Waals surface area contributed by atoms with E-state index in [2.05, 4.69) is 15.9 Å². The van der Waals surface area contributed by atoms with Crippen molar-refractivity contribution in [2.75, 3.05) is 11.4 Å². The van der Waals surface area contributed by atoms with E-state index in [0.717, 1.165) is 10.0 Å². The predicted molar refractivity (Wildman–Crippen MR) is 82.6 cm³/mol. The number of nitrogens with zero attached hydrogens (tertiary/aromatic N) is 1. The first-order valence-corrected chi connectivity index (χ1v) is 7.16. The molecule has 1 amide bonds. The van der Waals surface area contributed by atoms with E-state index >= 15 is 0 Å². The van der Waals surface area contributed by atoms with Crippen LogP contribution < -0.4 is 4.90 Å². The smallest absolute Gasteiger partial charge is 0.259 e. The molecule has 0 spiro atoms. The van der Waals surface area contributed by atoms with Crippen molar-refractivity contribution in [3.8, 4) is 0 Å². The van der Waals surface area contributed by atoms with Crippen LogP contribution in [0.5, 0.6) is 0 Å². The number of carbonyl (C=O) groups excluding carboxylic acids is 1. The Labute approximate surface area is 126 Å². The molecule has 2 aromatic carbocycles. The Morgan fingerprint density at radius 2 is 1.85 bits per heavy atom. The lowest BCUT2D eigenvalue weighted by molar-refractivity contribution is 0.0987. The molecule has 0 aliphatic heterocycles. The third-order valence-corrected chi connectivity index (χ3v) is 4.17. The average molecular weight is 336 g/mol. The molecule has 4 heteroatoms. The summed E-state index contributed by atoms with van der Waals surface area (Å²) in [5.41, 5.74) is 2.30. The van der Waals surface area contributed by atoms with Crippen LogP contribution in [0.25, 0.3) is 0 Å². The second-order valence-electron chi connectivity index (χ2n) is 4.46. The normalized spacial score (nSPS) is 10.4. The third-order valence-electron chi connectivity index (χ3n) is 3.12. The van der Waals surface area contributed by atoms with Gasteiger partial charge in [-0.2, -0.15) is 0 Å². The van der Waals surface area contributed by atoms with Crippen molar-refractivity contribution < 1.29 is 9.18 Å². The van der Waals surface area contributed by atoms with Crippen molar-refractivity contribution in [3.63, 3.8) is 0 Å². The molecule has 0 N–H and O–H groups in total. The van der Waals surface area contributed by atoms with E-state index in [-0.39, 0.29) is 11.7 Å². The van der Waals surface area contributed by atoms with Gasteiger partial charge in [-0.25, -0.2) is 4.39 Å². The van der Waals surface area contributed by atoms with Gasteiger partial charge in [0, 0.05) is 16.7 Å². The van der Waals surface area contributed by atoms with E-state index < -0.39 is 0 Å². The lowest BCUT2D eigenvalue weighted by atomic mass is 10.1. The summed E-state index contributed by atoms with van der Waals surface area (Å²) in [7, 11) is 0. The third kappa shape index (κ3) is 2.90. The molecule has 20 heavy (non-hydrogen) atoms. The fourth-order valence-electron chi connectivity index (χ4n) is 2.02. The Hall–Kier alpha value is -1.68. The molecular weight excluding hydrogens is 321 g/mol. The van der Waals surface area contributed by atoms with Gasteiger partial charge in [-0.1, -0.05) is 12.1 Å². The molecule has 0 saturated heterocycles. The molecule has 0 bridgehead atoms. The second kappa shape index (κ2) is 6.18. The van der Waals surface area contributed by atoms with Crippen molar-refractivity contribution in [3.05, 3.63) is 63.9 Å². The number of amides is 1. The minimum Gasteiger partial charge on any atom is -0.309 e. The summed E-state index contributed by atoms with van der Waals surface area (Å²) in [6.45, 7) is 4.35. The molecule has 0 heterocycles. The van der Waals surface area contributed by atoms with Crippen molar-refractivity contribution >= 4 is 27.5 Å². The van der Waals surface area contributed by atoms with Gasteiger partial charge in [0.25, 0.3) is 5.91 Å². The number of benzene rings is 2. The molecule has 2 aromatic rings. The van der Waals surface area contributed by atoms with E-state index in [1.165, 1.54) is 12.1 Å². The zero-order valence-electron chi connectivity index (χ0n) is 11.4. The van der Waals surface area contributed by atoms with Crippen LogP contribution in [0.2, 0.25) is 0 Å². The molecule has 0 unspecified atom stereocenters. The van der Waals surface area contributed by atoms with Gasteiger partial charge in [0.05, 0.1) is 5.56 Å². The number of aryl methyl sites for hydroxylation is 1. The van der Waals surface area contributed by atoms with Crippen LogP contribution in [-0.2, 0) is 0 Å². The Kier molecular flexibility index (Phi) is 4.55. The number of hydrogen-bond donors (Lipinski definition) is 0. The largest absolute Gasteiger partial charge is 0.309 e. The summed E-state index contributed by atoms with van der Waals surface area (Å²) in [6.07, 6.45) is 0. The van der Waals surface area contributed by atoms with Crippen LogP contribution in [0.1, 0.15) is 22.8 Å². The average Bonchev–Trinajstić information content (AvgIpc) is 2.44. The number of hydrogen-bond acceptors (Lipinski definition) is 1. The maximum Gasteiger partial charge on any atom is 0.259 e. The number of halogens is 2. The van der Waals surface area contributed by atoms with Gasteiger partial charge in [0.1, 0.15) is 5.82 Å². The maximum absolute atomic E-state index is 13.0. The molecule has 2 rings (SSSR count). The summed E-state index contributed by atoms with van der Waals surface area (Å²) in [5.74, 6) is -0.413. The molecule has 0 saturated carbocycles. The molecule has 0 aliphatic rings. The first-order valence-electron chi connectivity index (χ1n) is 6.37. The Balaban J connectivity index is 2.39. The van der Waals surface area contributed by atoms with Crippen molar-refractivity contribution in [2.24, 2.45) is 0 Å². The summed E-state index contributed by atoms with van der Waals surface area (Å²) in [6, 6.07) is 11.5. The van der Waals surface area contributed by atoms with Gasteiger partial charge in [-0.05, 0) is 65.7 Å². The molecule has 0 radical (unpaired) electrons. The minimum absolute atomic E-state index is 0.102. The quantitative estimate of drug-likeness (QED) is 0.804. The monoisotopic (exact) mass is 335 g/mol. The Morgan fingerprint density at radius 1 is 1.20 bits per heavy atom. The summed E-state index contributed by atoms with van der Waals surface area (Å²) >= 11 is 3.45. The van der Waals surface area contributed by atoms with Crippen LogP contribution in [0, 0.1) is 12.7 Å². The number of rotatable bonds is 3. The zero-order chi connectivity index (χ0) is 14.7. The van der Waals surface area contributed by atoms with Gasteiger partial charge in [0.2, 0.25) is 0 Å². The van der Waals surface area contributed by atoms with Crippen LogP contribution >= 0.6 is 15.9 Å². The van der Waals surface area contributed by atoms with Crippen molar-refractivity contribution in [1.29, 1.82) is 0 Å². The molecule has 0 fully saturated rings. The standard InChI is InChI=1S/C16H15BrFNO/c1-3-19(13-9-7-12(18)8-10-13)16(20)14-6-4-5-11(2)15(14)17/h4-10H,3H2,1-2H3.